The maximum Gasteiger partial charge on any atom is 0.415 e. The summed E-state index contributed by atoms with van der Waals surface area (Å²) in [6.45, 7) is -0.930. The Labute approximate surface area is 217 Å². The Kier molecular flexibility index (Phi) is 4.96. The van der Waals surface area contributed by atoms with E-state index in [1.807, 2.05) is 0 Å². The van der Waals surface area contributed by atoms with Gasteiger partial charge in [0.25, 0.3) is 5.91 Å². The molecule has 1 N–H and O–H groups in total. The van der Waals surface area contributed by atoms with Crippen LogP contribution >= 0.6 is 0 Å². The van der Waals surface area contributed by atoms with Crippen LogP contribution < -0.4 is 20.1 Å². The minimum atomic E-state index is -3.58. The number of benzene rings is 2. The van der Waals surface area contributed by atoms with Crippen LogP contribution in [0.5, 0.6) is 11.5 Å². The van der Waals surface area contributed by atoms with Crippen molar-refractivity contribution in [1.82, 2.24) is 9.58 Å². The smallest absolute Gasteiger partial charge is 0.415 e. The average molecular weight is 544 g/mol. The highest BCUT2D eigenvalue weighted by atomic mass is 19.3. The van der Waals surface area contributed by atoms with Gasteiger partial charge in [-0.2, -0.15) is 8.78 Å². The van der Waals surface area contributed by atoms with E-state index in [1.165, 1.54) is 38.9 Å². The number of hydrogen-bond donors (Lipinski definition) is 1. The Morgan fingerprint density at radius 3 is 2.69 bits per heavy atom. The number of morpholine rings is 1. The number of anilines is 1. The number of nitrogens with zero attached hydrogens (tertiary/aromatic N) is 4. The molecule has 7 rings (SSSR count). The monoisotopic (exact) mass is 544 g/mol. The van der Waals surface area contributed by atoms with Crippen molar-refractivity contribution in [2.24, 2.45) is 0 Å². The number of halogens is 4. The molecule has 1 aromatic heterocycles. The number of aromatic hydroxyl groups is 1. The highest BCUT2D eigenvalue weighted by molar-refractivity contribution is 5.96. The largest absolute Gasteiger partial charge is 0.502 e. The molecule has 0 aliphatic carbocycles. The van der Waals surface area contributed by atoms with Crippen LogP contribution in [0.25, 0.3) is 0 Å². The van der Waals surface area contributed by atoms with Crippen molar-refractivity contribution in [1.29, 1.82) is 0 Å². The molecule has 1 fully saturated rings. The van der Waals surface area contributed by atoms with Gasteiger partial charge in [0.15, 0.2) is 23.1 Å². The van der Waals surface area contributed by atoms with Crippen molar-refractivity contribution in [3.63, 3.8) is 0 Å². The Hall–Kier alpha value is -4.26. The van der Waals surface area contributed by atoms with Crippen LogP contribution in [0.1, 0.15) is 33.2 Å². The molecular weight excluding hydrogens is 524 g/mol. The third-order valence-corrected chi connectivity index (χ3v) is 7.59. The lowest BCUT2D eigenvalue weighted by molar-refractivity contribution is -0.172. The summed E-state index contributed by atoms with van der Waals surface area (Å²) < 4.78 is 71.2. The van der Waals surface area contributed by atoms with Gasteiger partial charge in [0.05, 0.1) is 18.9 Å². The van der Waals surface area contributed by atoms with Crippen LogP contribution in [0.15, 0.2) is 47.4 Å². The number of amides is 1. The van der Waals surface area contributed by atoms with Crippen LogP contribution in [0, 0.1) is 11.6 Å². The van der Waals surface area contributed by atoms with Gasteiger partial charge in [-0.3, -0.25) is 19.3 Å². The van der Waals surface area contributed by atoms with E-state index in [9.17, 15) is 27.9 Å². The van der Waals surface area contributed by atoms with Crippen molar-refractivity contribution in [3.8, 4) is 11.5 Å². The van der Waals surface area contributed by atoms with Crippen LogP contribution in [-0.2, 0) is 11.3 Å². The minimum Gasteiger partial charge on any atom is -0.502 e. The lowest BCUT2D eigenvalue weighted by atomic mass is 9.92. The summed E-state index contributed by atoms with van der Waals surface area (Å²) in [5.74, 6) is -3.84. The molecule has 0 radical (unpaired) electrons. The topological polar surface area (TPSA) is 87.5 Å². The van der Waals surface area contributed by atoms with Gasteiger partial charge >= 0.3 is 6.11 Å². The van der Waals surface area contributed by atoms with Crippen LogP contribution in [0.2, 0.25) is 0 Å². The molecule has 5 heterocycles. The molecule has 3 aromatic rings. The number of rotatable bonds is 1. The maximum atomic E-state index is 15.4. The lowest BCUT2D eigenvalue weighted by Crippen LogP contribution is -2.66. The molecule has 4 aliphatic rings. The number of hydrogen-bond acceptors (Lipinski definition) is 7. The lowest BCUT2D eigenvalue weighted by Gasteiger charge is -2.51. The Balaban J connectivity index is 1.56. The molecule has 0 saturated carbocycles. The zero-order valence-corrected chi connectivity index (χ0v) is 20.1. The van der Waals surface area contributed by atoms with Crippen molar-refractivity contribution in [2.45, 2.75) is 24.9 Å². The number of alkyl halides is 2. The molecule has 0 bridgehead atoms. The molecule has 1 saturated heterocycles. The van der Waals surface area contributed by atoms with E-state index in [0.29, 0.717) is 5.56 Å². The van der Waals surface area contributed by atoms with Gasteiger partial charge in [-0.1, -0.05) is 18.2 Å². The second-order valence-corrected chi connectivity index (χ2v) is 9.78. The van der Waals surface area contributed by atoms with Crippen molar-refractivity contribution in [3.05, 3.63) is 86.8 Å². The molecule has 1 amide bonds. The van der Waals surface area contributed by atoms with Gasteiger partial charge in [0.1, 0.15) is 24.5 Å². The quantitative estimate of drug-likeness (QED) is 0.472. The molecule has 202 valence electrons. The molecule has 13 heteroatoms. The summed E-state index contributed by atoms with van der Waals surface area (Å²) in [6, 6.07) is 6.95. The summed E-state index contributed by atoms with van der Waals surface area (Å²) >= 11 is 0. The van der Waals surface area contributed by atoms with E-state index in [1.54, 1.807) is 11.1 Å². The van der Waals surface area contributed by atoms with E-state index in [-0.39, 0.29) is 54.6 Å². The second-order valence-electron chi connectivity index (χ2n) is 9.78. The average Bonchev–Trinajstić information content (AvgIpc) is 3.03. The van der Waals surface area contributed by atoms with Gasteiger partial charge in [-0.15, -0.1) is 0 Å². The van der Waals surface area contributed by atoms with E-state index < -0.39 is 53.6 Å². The molecule has 39 heavy (non-hydrogen) atoms. The first kappa shape index (κ1) is 23.8. The number of ether oxygens (including phenoxy) is 2. The number of carbonyl (C=O) groups is 1. The number of fused-ring (bicyclic) bond motifs is 3. The highest BCUT2D eigenvalue weighted by Gasteiger charge is 2.49. The third-order valence-electron chi connectivity index (χ3n) is 7.59. The van der Waals surface area contributed by atoms with E-state index in [2.05, 4.69) is 0 Å². The maximum absolute atomic E-state index is 15.4. The first-order valence-electron chi connectivity index (χ1n) is 12.2. The van der Waals surface area contributed by atoms with Gasteiger partial charge in [0.2, 0.25) is 5.43 Å². The fourth-order valence-corrected chi connectivity index (χ4v) is 6.01. The molecule has 0 spiro atoms. The Morgan fingerprint density at radius 2 is 1.87 bits per heavy atom. The fraction of sp³-hybridized carbons (Fsp3) is 0.308. The highest BCUT2D eigenvalue weighted by Crippen LogP contribution is 2.50. The summed E-state index contributed by atoms with van der Waals surface area (Å²) in [5, 5.41) is 12.3. The van der Waals surface area contributed by atoms with Crippen molar-refractivity contribution in [2.75, 3.05) is 36.2 Å². The molecular formula is C26H20F4N4O5. The van der Waals surface area contributed by atoms with Crippen LogP contribution in [0.3, 0.4) is 0 Å². The van der Waals surface area contributed by atoms with Gasteiger partial charge in [-0.25, -0.2) is 8.78 Å². The zero-order valence-electron chi connectivity index (χ0n) is 20.1. The van der Waals surface area contributed by atoms with Crippen molar-refractivity contribution < 1.29 is 36.9 Å². The van der Waals surface area contributed by atoms with Gasteiger partial charge in [-0.05, 0) is 17.7 Å². The SMILES string of the molecule is O=C1c2c(O)c(=O)ccn2N([C@H]2c3ccc(F)c(F)c3CN3CC(F)(F)Oc4cccc2c43)[C@@H]2COCCN12. The standard InChI is InChI=1S/C26H20F4N4O5/c27-16-5-4-13-15(20(16)28)10-31-12-26(29,30)39-18-3-1-2-14(22(18)31)21(13)34-19-11-38-9-8-32(19)25(37)23-24(36)17(35)6-7-33(23)34/h1-7,19,21,36H,8-12H2/t19-,21+/m1/s1. The summed E-state index contributed by atoms with van der Waals surface area (Å²) in [4.78, 5) is 28.5. The normalized spacial score (nSPS) is 22.8. The van der Waals surface area contributed by atoms with Crippen LogP contribution in [0.4, 0.5) is 23.2 Å². The first-order chi connectivity index (χ1) is 18.7. The second kappa shape index (κ2) is 8.12. The number of aromatic nitrogens is 1. The molecule has 0 unspecified atom stereocenters. The molecule has 4 aliphatic heterocycles. The number of pyridine rings is 1. The Morgan fingerprint density at radius 1 is 1.05 bits per heavy atom. The molecule has 2 atom stereocenters. The first-order valence-corrected chi connectivity index (χ1v) is 12.2. The van der Waals surface area contributed by atoms with Gasteiger partial charge < -0.3 is 24.4 Å². The van der Waals surface area contributed by atoms with Crippen LogP contribution in [-0.4, -0.2) is 59.2 Å². The van der Waals surface area contributed by atoms with E-state index in [0.717, 1.165) is 12.1 Å². The third kappa shape index (κ3) is 3.35. The Bertz CT molecular complexity index is 1610. The number of para-hydroxylation sites is 1. The number of carbonyl (C=O) groups excluding carboxylic acids is 1. The summed E-state index contributed by atoms with van der Waals surface area (Å²) in [6.07, 6.45) is -3.08. The van der Waals surface area contributed by atoms with E-state index >= 15 is 4.39 Å². The molecule has 2 aromatic carbocycles. The minimum absolute atomic E-state index is 0.0148. The van der Waals surface area contributed by atoms with Crippen molar-refractivity contribution >= 4 is 11.6 Å². The van der Waals surface area contributed by atoms with E-state index in [4.69, 9.17) is 9.47 Å². The fourth-order valence-electron chi connectivity index (χ4n) is 6.01. The summed E-state index contributed by atoms with van der Waals surface area (Å²) in [7, 11) is 0. The molecule has 9 nitrogen and oxygen atoms in total. The zero-order chi connectivity index (χ0) is 27.2. The predicted octanol–water partition coefficient (Wildman–Crippen LogP) is 2.68. The summed E-state index contributed by atoms with van der Waals surface area (Å²) in [5.41, 5.74) is -0.294. The predicted molar refractivity (Wildman–Crippen MR) is 127 cm³/mol. The van der Waals surface area contributed by atoms with Gasteiger partial charge in [0, 0.05) is 36.5 Å².